The van der Waals surface area contributed by atoms with Crippen molar-refractivity contribution in [1.82, 2.24) is 34.5 Å². The molecule has 11 heteroatoms. The van der Waals surface area contributed by atoms with Gasteiger partial charge in [0.25, 0.3) is 0 Å². The number of nitrogens with one attached hydrogen (secondary N) is 1. The molecule has 0 bridgehead atoms. The van der Waals surface area contributed by atoms with E-state index in [0.29, 0.717) is 17.6 Å². The van der Waals surface area contributed by atoms with Crippen LogP contribution in [0.5, 0.6) is 0 Å². The van der Waals surface area contributed by atoms with Crippen LogP contribution >= 0.6 is 0 Å². The fourth-order valence-electron chi connectivity index (χ4n) is 3.02. The second kappa shape index (κ2) is 7.85. The Labute approximate surface area is 172 Å². The van der Waals surface area contributed by atoms with Crippen LogP contribution in [0.3, 0.4) is 0 Å². The van der Waals surface area contributed by atoms with Gasteiger partial charge in [-0.2, -0.15) is 15.0 Å². The van der Waals surface area contributed by atoms with Crippen LogP contribution in [0.1, 0.15) is 31.4 Å². The van der Waals surface area contributed by atoms with Gasteiger partial charge in [0.2, 0.25) is 11.9 Å². The lowest BCUT2D eigenvalue weighted by Gasteiger charge is -2.20. The van der Waals surface area contributed by atoms with Crippen molar-refractivity contribution < 1.29 is 9.53 Å². The van der Waals surface area contributed by atoms with Crippen molar-refractivity contribution in [2.24, 2.45) is 0 Å². The molecular formula is C19H21N9O2. The van der Waals surface area contributed by atoms with Crippen molar-refractivity contribution in [3.63, 3.8) is 0 Å². The topological polar surface area (TPSA) is 124 Å². The van der Waals surface area contributed by atoms with Gasteiger partial charge in [-0.25, -0.2) is 19.7 Å². The van der Waals surface area contributed by atoms with Gasteiger partial charge in [-0.15, -0.1) is 0 Å². The molecule has 1 aliphatic heterocycles. The zero-order chi connectivity index (χ0) is 21.3. The number of nitrogens with zero attached hydrogens (tertiary/aromatic N) is 8. The summed E-state index contributed by atoms with van der Waals surface area (Å²) in [5, 5.41) is 3.21. The first-order chi connectivity index (χ1) is 14.4. The van der Waals surface area contributed by atoms with Crippen LogP contribution in [0.15, 0.2) is 43.3 Å². The number of hydrogen-bond donors (Lipinski definition) is 1. The highest BCUT2D eigenvalue weighted by molar-refractivity contribution is 5.89. The van der Waals surface area contributed by atoms with Crippen molar-refractivity contribution in [3.05, 3.63) is 54.8 Å². The molecule has 0 unspecified atom stereocenters. The van der Waals surface area contributed by atoms with E-state index in [1.807, 2.05) is 20.0 Å². The third-order valence-electron chi connectivity index (χ3n) is 4.60. The minimum absolute atomic E-state index is 0.208. The largest absolute Gasteiger partial charge is 0.447 e. The van der Waals surface area contributed by atoms with Gasteiger partial charge in [-0.3, -0.25) is 9.55 Å². The number of carbonyl (C=O) groups excluding carboxylic acids is 1. The standard InChI is InChI=1S/C19H21N9O2/c1-11(2)15-9-30-19(29)28(15)18-25-13(4)24-17(26-18)23-12(3)14-8-27(10-22-14)16-7-20-5-6-21-16/h5-8,10,12,15H,1,9H2,2-4H3,(H,23,24,25,26)/t12-,15+/m0/s1. The first-order valence-corrected chi connectivity index (χ1v) is 9.33. The number of imidazole rings is 1. The highest BCUT2D eigenvalue weighted by Gasteiger charge is 2.37. The Bertz CT molecular complexity index is 1080. The van der Waals surface area contributed by atoms with Crippen molar-refractivity contribution >= 4 is 18.0 Å². The van der Waals surface area contributed by atoms with Gasteiger partial charge >= 0.3 is 6.09 Å². The molecule has 1 aliphatic rings. The molecule has 1 fully saturated rings. The molecule has 30 heavy (non-hydrogen) atoms. The van der Waals surface area contributed by atoms with Crippen LogP contribution in [0.25, 0.3) is 5.82 Å². The monoisotopic (exact) mass is 407 g/mol. The summed E-state index contributed by atoms with van der Waals surface area (Å²) in [6.07, 6.45) is 7.90. The highest BCUT2D eigenvalue weighted by atomic mass is 16.6. The van der Waals surface area contributed by atoms with E-state index in [9.17, 15) is 4.79 Å². The molecule has 4 heterocycles. The third-order valence-corrected chi connectivity index (χ3v) is 4.60. The Kier molecular flexibility index (Phi) is 5.09. The Balaban J connectivity index is 1.56. The zero-order valence-corrected chi connectivity index (χ0v) is 16.8. The Morgan fingerprint density at radius 2 is 2.13 bits per heavy atom. The summed E-state index contributed by atoms with van der Waals surface area (Å²) in [5.74, 6) is 1.69. The molecule has 3 aromatic heterocycles. The molecule has 0 saturated carbocycles. The minimum atomic E-state index is -0.504. The SMILES string of the molecule is C=C(C)[C@H]1COC(=O)N1c1nc(C)nc(N[C@@H](C)c2cn(-c3cnccn3)cn2)n1. The summed E-state index contributed by atoms with van der Waals surface area (Å²) in [6.45, 7) is 9.65. The van der Waals surface area contributed by atoms with Crippen LogP contribution in [0.4, 0.5) is 16.7 Å². The van der Waals surface area contributed by atoms with E-state index >= 15 is 0 Å². The minimum Gasteiger partial charge on any atom is -0.447 e. The molecule has 154 valence electrons. The average molecular weight is 407 g/mol. The van der Waals surface area contributed by atoms with E-state index in [1.165, 1.54) is 4.90 Å². The van der Waals surface area contributed by atoms with Gasteiger partial charge in [0.15, 0.2) is 5.82 Å². The van der Waals surface area contributed by atoms with Crippen molar-refractivity contribution in [3.8, 4) is 5.82 Å². The van der Waals surface area contributed by atoms with Crippen LogP contribution in [0, 0.1) is 6.92 Å². The molecule has 3 aromatic rings. The summed E-state index contributed by atoms with van der Waals surface area (Å²) in [6, 6.07) is -0.521. The molecule has 0 aromatic carbocycles. The van der Waals surface area contributed by atoms with Gasteiger partial charge in [0, 0.05) is 18.6 Å². The molecule has 11 nitrogen and oxygen atoms in total. The van der Waals surface area contributed by atoms with Crippen LogP contribution < -0.4 is 10.2 Å². The molecule has 0 spiro atoms. The molecule has 0 aliphatic carbocycles. The third kappa shape index (κ3) is 3.81. The van der Waals surface area contributed by atoms with E-state index in [-0.39, 0.29) is 24.6 Å². The van der Waals surface area contributed by atoms with E-state index < -0.39 is 6.09 Å². The summed E-state index contributed by atoms with van der Waals surface area (Å²) < 4.78 is 6.93. The number of cyclic esters (lactones) is 1. The maximum atomic E-state index is 12.2. The number of hydrogen-bond acceptors (Lipinski definition) is 9. The molecule has 1 saturated heterocycles. The molecular weight excluding hydrogens is 386 g/mol. The smallest absolute Gasteiger partial charge is 0.417 e. The van der Waals surface area contributed by atoms with Gasteiger partial charge in [0.05, 0.1) is 24.0 Å². The number of aromatic nitrogens is 7. The predicted molar refractivity (Wildman–Crippen MR) is 108 cm³/mol. The van der Waals surface area contributed by atoms with Crippen LogP contribution in [-0.4, -0.2) is 53.2 Å². The van der Waals surface area contributed by atoms with Gasteiger partial charge in [0.1, 0.15) is 18.8 Å². The zero-order valence-electron chi connectivity index (χ0n) is 16.8. The molecule has 4 rings (SSSR count). The number of rotatable bonds is 6. The van der Waals surface area contributed by atoms with E-state index in [1.54, 1.807) is 36.4 Å². The first-order valence-electron chi connectivity index (χ1n) is 9.33. The first kappa shape index (κ1) is 19.4. The molecule has 1 N–H and O–H groups in total. The van der Waals surface area contributed by atoms with Crippen molar-refractivity contribution in [1.29, 1.82) is 0 Å². The summed E-state index contributed by atoms with van der Waals surface area (Å²) >= 11 is 0. The average Bonchev–Trinajstić information content (AvgIpc) is 3.35. The predicted octanol–water partition coefficient (Wildman–Crippen LogP) is 2.23. The maximum Gasteiger partial charge on any atom is 0.417 e. The normalized spacial score (nSPS) is 17.0. The molecule has 0 radical (unpaired) electrons. The Morgan fingerprint density at radius 3 is 2.87 bits per heavy atom. The summed E-state index contributed by atoms with van der Waals surface area (Å²) in [7, 11) is 0. The molecule has 2 atom stereocenters. The van der Waals surface area contributed by atoms with E-state index in [2.05, 4.69) is 41.8 Å². The summed E-state index contributed by atoms with van der Waals surface area (Å²) in [5.41, 5.74) is 1.55. The quantitative estimate of drug-likeness (QED) is 0.612. The Morgan fingerprint density at radius 1 is 1.30 bits per heavy atom. The fraction of sp³-hybridized carbons (Fsp3) is 0.316. The summed E-state index contributed by atoms with van der Waals surface area (Å²) in [4.78, 5) is 39.4. The molecule has 1 amide bonds. The second-order valence-corrected chi connectivity index (χ2v) is 6.95. The van der Waals surface area contributed by atoms with Gasteiger partial charge in [-0.05, 0) is 20.8 Å². The second-order valence-electron chi connectivity index (χ2n) is 6.95. The Hall–Kier alpha value is -3.89. The van der Waals surface area contributed by atoms with Crippen LogP contribution in [-0.2, 0) is 4.74 Å². The van der Waals surface area contributed by atoms with Gasteiger partial charge in [-0.1, -0.05) is 12.2 Å². The lowest BCUT2D eigenvalue weighted by molar-refractivity contribution is 0.179. The lowest BCUT2D eigenvalue weighted by Crippen LogP contribution is -2.36. The van der Waals surface area contributed by atoms with E-state index in [0.717, 1.165) is 11.3 Å². The van der Waals surface area contributed by atoms with Crippen molar-refractivity contribution in [2.45, 2.75) is 32.9 Å². The maximum absolute atomic E-state index is 12.2. The number of anilines is 2. The number of aryl methyl sites for hydroxylation is 1. The van der Waals surface area contributed by atoms with Crippen molar-refractivity contribution in [2.75, 3.05) is 16.8 Å². The number of amides is 1. The van der Waals surface area contributed by atoms with E-state index in [4.69, 9.17) is 4.74 Å². The number of carbonyl (C=O) groups is 1. The van der Waals surface area contributed by atoms with Crippen LogP contribution in [0.2, 0.25) is 0 Å². The number of ether oxygens (including phenoxy) is 1. The fourth-order valence-corrected chi connectivity index (χ4v) is 3.02. The highest BCUT2D eigenvalue weighted by Crippen LogP contribution is 2.25. The lowest BCUT2D eigenvalue weighted by atomic mass is 10.1. The van der Waals surface area contributed by atoms with Gasteiger partial charge < -0.3 is 10.1 Å².